The molecule has 0 aliphatic heterocycles. The van der Waals surface area contributed by atoms with E-state index >= 15 is 0 Å². The van der Waals surface area contributed by atoms with Crippen LogP contribution in [0.3, 0.4) is 0 Å². The van der Waals surface area contributed by atoms with Gasteiger partial charge in [0.05, 0.1) is 0 Å². The maximum absolute atomic E-state index is 6.48. The van der Waals surface area contributed by atoms with Crippen molar-refractivity contribution in [3.8, 4) is 5.75 Å². The standard InChI is InChI=1S/C21H31OSi.2C9H12N.Lu/c1-8-23(9-2,17-12-10-11-13-17)19-15-16(3)14-18(20(19)22-7)21(4,5)6;2*1-8-6-4-5-7-9(8)10(2)3;/h10-15H,8-9H2,1-7H3;2*4-7H,1H2,2-3H3;. The number of nitrogens with zero attached hydrogens (tertiary/aromatic N) is 2. The summed E-state index contributed by atoms with van der Waals surface area (Å²) in [5.74, 6) is 1.14. The van der Waals surface area contributed by atoms with Crippen molar-refractivity contribution in [2.45, 2.75) is 65.6 Å². The molecule has 1 aliphatic rings. The van der Waals surface area contributed by atoms with Crippen LogP contribution in [-0.4, -0.2) is 43.4 Å². The molecule has 0 amide bonds. The quantitative estimate of drug-likeness (QED) is 0.171. The van der Waals surface area contributed by atoms with Gasteiger partial charge in [-0.05, 0) is 0 Å². The zero-order valence-corrected chi connectivity index (χ0v) is 31.6. The van der Waals surface area contributed by atoms with Gasteiger partial charge in [0.25, 0.3) is 0 Å². The molecule has 44 heavy (non-hydrogen) atoms. The van der Waals surface area contributed by atoms with E-state index in [0.29, 0.717) is 0 Å². The van der Waals surface area contributed by atoms with Crippen LogP contribution >= 0.6 is 0 Å². The molecule has 0 N–H and O–H groups in total. The molecule has 246 valence electrons. The number of ether oxygens (including phenoxy) is 1. The Labute approximate surface area is 282 Å². The van der Waals surface area contributed by atoms with Gasteiger partial charge in [0.15, 0.2) is 0 Å². The first-order valence-corrected chi connectivity index (χ1v) is 21.4. The summed E-state index contributed by atoms with van der Waals surface area (Å²) < 4.78 is 8.72. The Morgan fingerprint density at radius 3 is 1.66 bits per heavy atom. The van der Waals surface area contributed by atoms with Crippen LogP contribution in [0.5, 0.6) is 5.75 Å². The second kappa shape index (κ2) is 14.2. The van der Waals surface area contributed by atoms with Gasteiger partial charge in [-0.1, -0.05) is 0 Å². The predicted molar refractivity (Wildman–Crippen MR) is 193 cm³/mol. The first-order chi connectivity index (χ1) is 20.8. The minimum absolute atomic E-state index is 0.00784. The molecule has 0 bridgehead atoms. The van der Waals surface area contributed by atoms with Gasteiger partial charge in [0.2, 0.25) is 0 Å². The molecule has 0 aromatic heterocycles. The number of rotatable bonds is 12. The summed E-state index contributed by atoms with van der Waals surface area (Å²) in [7, 11) is 8.35. The summed E-state index contributed by atoms with van der Waals surface area (Å²) in [6, 6.07) is 25.4. The Morgan fingerprint density at radius 2 is 1.25 bits per heavy atom. The average molecular weight is 771 g/mol. The number of hydrogen-bond donors (Lipinski definition) is 0. The molecular weight excluding hydrogens is 715 g/mol. The Kier molecular flexibility index (Phi) is 11.2. The van der Waals surface area contributed by atoms with E-state index in [2.05, 4.69) is 165 Å². The summed E-state index contributed by atoms with van der Waals surface area (Å²) in [5, 5.41) is 1.51. The van der Waals surface area contributed by atoms with Crippen molar-refractivity contribution >= 4 is 24.6 Å². The molecule has 5 heteroatoms. The fourth-order valence-corrected chi connectivity index (χ4v) is 23.0. The van der Waals surface area contributed by atoms with Crippen LogP contribution < -0.4 is 19.7 Å². The van der Waals surface area contributed by atoms with Gasteiger partial charge in [-0.3, -0.25) is 0 Å². The van der Waals surface area contributed by atoms with Crippen LogP contribution in [0.1, 0.15) is 56.9 Å². The second-order valence-corrected chi connectivity index (χ2v) is 23.6. The van der Waals surface area contributed by atoms with Gasteiger partial charge in [0.1, 0.15) is 0 Å². The molecule has 4 rings (SSSR count). The van der Waals surface area contributed by atoms with Crippen molar-refractivity contribution in [3.05, 3.63) is 107 Å². The van der Waals surface area contributed by atoms with Crippen LogP contribution in [-0.2, 0) is 10.7 Å². The zero-order chi connectivity index (χ0) is 32.3. The van der Waals surface area contributed by atoms with E-state index in [-0.39, 0.29) is 6.67 Å². The summed E-state index contributed by atoms with van der Waals surface area (Å²) in [6.45, 7) is 14.2. The van der Waals surface area contributed by atoms with Gasteiger partial charge in [-0.15, -0.1) is 0 Å². The molecule has 0 radical (unpaired) electrons. The van der Waals surface area contributed by atoms with Gasteiger partial charge in [-0.2, -0.15) is 0 Å². The summed E-state index contributed by atoms with van der Waals surface area (Å²) in [6.07, 6.45) is 10.0. The number of para-hydroxylation sites is 2. The summed E-state index contributed by atoms with van der Waals surface area (Å²) in [4.78, 5) is 4.58. The van der Waals surface area contributed by atoms with E-state index in [4.69, 9.17) is 4.74 Å². The predicted octanol–water partition coefficient (Wildman–Crippen LogP) is 8.97. The van der Waals surface area contributed by atoms with E-state index in [1.54, 1.807) is 0 Å². The zero-order valence-electron chi connectivity index (χ0n) is 29.0. The summed E-state index contributed by atoms with van der Waals surface area (Å²) in [5.41, 5.74) is 8.27. The SMILES string of the molecule is CC[Si](CC)(c1cc(C)cc(C(C)(C)C)c1OC)[C]1([Lu]([CH2]c2ccccc2N(C)C)[CH2]c2ccccc2N(C)C)C=CC=C1. The molecule has 0 fully saturated rings. The van der Waals surface area contributed by atoms with Crippen LogP contribution in [0.15, 0.2) is 85.0 Å². The Morgan fingerprint density at radius 1 is 0.773 bits per heavy atom. The maximum atomic E-state index is 6.48. The summed E-state index contributed by atoms with van der Waals surface area (Å²) >= 11 is -1.26. The van der Waals surface area contributed by atoms with Gasteiger partial charge in [-0.25, -0.2) is 0 Å². The molecule has 1 aliphatic carbocycles. The molecule has 3 aromatic rings. The topological polar surface area (TPSA) is 15.7 Å². The number of anilines is 2. The average Bonchev–Trinajstić information content (AvgIpc) is 3.49. The van der Waals surface area contributed by atoms with Crippen LogP contribution in [0.2, 0.25) is 13.3 Å². The third-order valence-corrected chi connectivity index (χ3v) is 23.5. The fraction of sp³-hybridized carbons (Fsp3) is 0.436. The van der Waals surface area contributed by atoms with Gasteiger partial charge in [0, 0.05) is 0 Å². The molecule has 0 heterocycles. The molecule has 0 saturated heterocycles. The molecule has 0 unspecified atom stereocenters. The molecule has 3 nitrogen and oxygen atoms in total. The van der Waals surface area contributed by atoms with Crippen LogP contribution in [0.25, 0.3) is 0 Å². The number of allylic oxidation sites excluding steroid dienone is 4. The molecular formula is C39H55LuN2OSi. The van der Waals surface area contributed by atoms with Crippen molar-refractivity contribution in [2.75, 3.05) is 45.1 Å². The Bertz CT molecular complexity index is 1430. The first kappa shape index (κ1) is 34.9. The van der Waals surface area contributed by atoms with Crippen molar-refractivity contribution in [3.63, 3.8) is 0 Å². The van der Waals surface area contributed by atoms with Gasteiger partial charge >= 0.3 is 284 Å². The van der Waals surface area contributed by atoms with Crippen molar-refractivity contribution in [2.24, 2.45) is 0 Å². The minimum atomic E-state index is -2.28. The second-order valence-electron chi connectivity index (χ2n) is 13.4. The fourth-order valence-electron chi connectivity index (χ4n) is 6.73. The van der Waals surface area contributed by atoms with Crippen molar-refractivity contribution in [1.29, 1.82) is 0 Å². The van der Waals surface area contributed by atoms with Crippen molar-refractivity contribution < 1.29 is 35.9 Å². The normalized spacial score (nSPS) is 14.6. The van der Waals surface area contributed by atoms with E-state index in [1.165, 1.54) is 50.9 Å². The van der Waals surface area contributed by atoms with E-state index < -0.39 is 39.2 Å². The monoisotopic (exact) mass is 770 g/mol. The molecule has 0 spiro atoms. The first-order valence-electron chi connectivity index (χ1n) is 15.8. The molecule has 3 aromatic carbocycles. The molecule has 0 saturated carbocycles. The van der Waals surface area contributed by atoms with E-state index in [9.17, 15) is 0 Å². The third-order valence-electron chi connectivity index (χ3n) is 9.06. The molecule has 0 atom stereocenters. The number of hydrogen-bond acceptors (Lipinski definition) is 3. The number of aryl methyl sites for hydroxylation is 1. The van der Waals surface area contributed by atoms with E-state index in [1.807, 2.05) is 7.11 Å². The van der Waals surface area contributed by atoms with E-state index in [0.717, 1.165) is 11.0 Å². The number of methoxy groups -OCH3 is 1. The third kappa shape index (κ3) is 6.60. The van der Waals surface area contributed by atoms with Crippen LogP contribution in [0, 0.1) is 38.0 Å². The van der Waals surface area contributed by atoms with Crippen molar-refractivity contribution in [1.82, 2.24) is 0 Å². The Hall–Kier alpha value is -2.01. The number of benzene rings is 3. The van der Waals surface area contributed by atoms with Gasteiger partial charge < -0.3 is 0 Å². The Balaban J connectivity index is 2.05. The van der Waals surface area contributed by atoms with Crippen LogP contribution in [0.4, 0.5) is 11.4 Å².